The van der Waals surface area contributed by atoms with E-state index in [-0.39, 0.29) is 0 Å². The van der Waals surface area contributed by atoms with Crippen LogP contribution in [-0.4, -0.2) is 86.5 Å². The topological polar surface area (TPSA) is 109 Å². The summed E-state index contributed by atoms with van der Waals surface area (Å²) < 4.78 is 0.474. The number of likely N-dealkylation sites (tertiary alicyclic amines) is 1. The molecule has 1 unspecified atom stereocenters. The predicted molar refractivity (Wildman–Crippen MR) is 124 cm³/mol. The number of aliphatic carboxylic acids is 2. The summed E-state index contributed by atoms with van der Waals surface area (Å²) in [4.78, 5) is 35.5. The molecular weight excluding hydrogens is 501 g/mol. The van der Waals surface area contributed by atoms with Crippen LogP contribution in [0.5, 0.6) is 0 Å². The van der Waals surface area contributed by atoms with Crippen molar-refractivity contribution in [2.45, 2.75) is 16.9 Å². The first-order chi connectivity index (χ1) is 14.3. The van der Waals surface area contributed by atoms with E-state index >= 15 is 0 Å². The molecule has 0 aliphatic carbocycles. The van der Waals surface area contributed by atoms with Gasteiger partial charge in [0.25, 0.3) is 0 Å². The number of hydrogen-bond donors (Lipinski definition) is 2. The van der Waals surface area contributed by atoms with Crippen LogP contribution in [0.2, 0.25) is 0 Å². The zero-order chi connectivity index (χ0) is 22.1. The van der Waals surface area contributed by atoms with Crippen LogP contribution in [-0.2, 0) is 9.59 Å². The van der Waals surface area contributed by atoms with Crippen LogP contribution in [0.4, 0.5) is 5.69 Å². The summed E-state index contributed by atoms with van der Waals surface area (Å²) in [6.07, 6.45) is 3.52. The Hall–Kier alpha value is -2.63. The van der Waals surface area contributed by atoms with E-state index in [1.165, 1.54) is 12.8 Å². The van der Waals surface area contributed by atoms with E-state index in [2.05, 4.69) is 51.4 Å². The highest BCUT2D eigenvalue weighted by molar-refractivity contribution is 14.1. The number of para-hydroxylation sites is 1. The van der Waals surface area contributed by atoms with E-state index in [0.717, 1.165) is 37.2 Å². The number of aliphatic imine (C=N–C) groups is 2. The van der Waals surface area contributed by atoms with Crippen molar-refractivity contribution in [3.8, 4) is 0 Å². The van der Waals surface area contributed by atoms with Gasteiger partial charge in [-0.3, -0.25) is 0 Å². The summed E-state index contributed by atoms with van der Waals surface area (Å²) in [5, 5.41) is 15.6. The fourth-order valence-corrected chi connectivity index (χ4v) is 3.88. The van der Waals surface area contributed by atoms with Crippen molar-refractivity contribution in [2.24, 2.45) is 9.98 Å². The molecule has 1 atom stereocenters. The van der Waals surface area contributed by atoms with Gasteiger partial charge >= 0.3 is 11.9 Å². The van der Waals surface area contributed by atoms with Crippen LogP contribution in [0.15, 0.2) is 52.5 Å². The lowest BCUT2D eigenvalue weighted by Crippen LogP contribution is -2.35. The fourth-order valence-electron chi connectivity index (χ4n) is 2.92. The summed E-state index contributed by atoms with van der Waals surface area (Å²) in [6, 6.07) is 10.1. The number of alkyl halides is 1. The molecule has 9 nitrogen and oxygen atoms in total. The molecule has 162 valence electrons. The first-order valence-corrected chi connectivity index (χ1v) is 10.7. The van der Waals surface area contributed by atoms with Crippen molar-refractivity contribution in [3.63, 3.8) is 0 Å². The van der Waals surface area contributed by atoms with Gasteiger partial charge in [-0.15, -0.1) is 0 Å². The van der Waals surface area contributed by atoms with Gasteiger partial charge in [0.15, 0.2) is 0 Å². The summed E-state index contributed by atoms with van der Waals surface area (Å²) in [7, 11) is 4.18. The molecule has 0 aromatic heterocycles. The van der Waals surface area contributed by atoms with Gasteiger partial charge < -0.3 is 24.9 Å². The average Bonchev–Trinajstić information content (AvgIpc) is 3.27. The third-order valence-electron chi connectivity index (χ3n) is 4.44. The molecule has 2 heterocycles. The lowest BCUT2D eigenvalue weighted by molar-refractivity contribution is -0.134. The zero-order valence-electron chi connectivity index (χ0n) is 17.0. The molecule has 2 aliphatic heterocycles. The Kier molecular flexibility index (Phi) is 9.09. The van der Waals surface area contributed by atoms with E-state index in [4.69, 9.17) is 20.2 Å². The number of rotatable bonds is 3. The minimum atomic E-state index is -1.26. The highest BCUT2D eigenvalue weighted by Crippen LogP contribution is 2.25. The molecule has 2 fully saturated rings. The maximum absolute atomic E-state index is 9.55. The van der Waals surface area contributed by atoms with Crippen molar-refractivity contribution in [3.05, 3.63) is 42.5 Å². The maximum Gasteiger partial charge on any atom is 0.328 e. The number of carbonyl (C=O) groups is 2. The van der Waals surface area contributed by atoms with Gasteiger partial charge in [0.2, 0.25) is 11.9 Å². The number of carboxylic acids is 2. The molecular formula is C20H26IN5O4. The summed E-state index contributed by atoms with van der Waals surface area (Å²) in [6.45, 7) is 3.06. The number of likely N-dealkylation sites (N-methyl/N-ethyl adjacent to an activating group) is 2. The summed E-state index contributed by atoms with van der Waals surface area (Å²) >= 11 is 2.50. The van der Waals surface area contributed by atoms with E-state index < -0.39 is 11.9 Å². The molecule has 1 aromatic carbocycles. The molecule has 2 aliphatic rings. The Balaban J connectivity index is 0.000000343. The molecule has 0 amide bonds. The van der Waals surface area contributed by atoms with Crippen LogP contribution in [0.25, 0.3) is 0 Å². The zero-order valence-corrected chi connectivity index (χ0v) is 19.1. The second-order valence-electron chi connectivity index (χ2n) is 6.78. The van der Waals surface area contributed by atoms with E-state index in [0.29, 0.717) is 16.2 Å². The van der Waals surface area contributed by atoms with Crippen molar-refractivity contribution >= 4 is 52.1 Å². The van der Waals surface area contributed by atoms with Crippen LogP contribution < -0.4 is 0 Å². The monoisotopic (exact) mass is 527 g/mol. The summed E-state index contributed by atoms with van der Waals surface area (Å²) in [5.74, 6) is -0.677. The lowest BCUT2D eigenvalue weighted by Gasteiger charge is -2.23. The first-order valence-electron chi connectivity index (χ1n) is 9.47. The number of guanidine groups is 2. The SMILES string of the molecule is CN1CCN(C)C1=NC(=Nc1ccccc1)N1CCCC1I.O=C(O)C=CC(=O)O. The highest BCUT2D eigenvalue weighted by atomic mass is 127. The molecule has 0 radical (unpaired) electrons. The number of hydrogen-bond acceptors (Lipinski definition) is 3. The Morgan fingerprint density at radius 1 is 1.03 bits per heavy atom. The number of halogens is 1. The highest BCUT2D eigenvalue weighted by Gasteiger charge is 2.27. The normalized spacial score (nSPS) is 19.2. The van der Waals surface area contributed by atoms with Crippen LogP contribution in [0.1, 0.15) is 12.8 Å². The van der Waals surface area contributed by atoms with Gasteiger partial charge in [-0.05, 0) is 25.0 Å². The molecule has 2 saturated heterocycles. The average molecular weight is 527 g/mol. The van der Waals surface area contributed by atoms with Crippen LogP contribution in [0.3, 0.4) is 0 Å². The van der Waals surface area contributed by atoms with E-state index in [1.54, 1.807) is 0 Å². The standard InChI is InChI=1S/C16H22IN5.C4H4O4/c1-20-11-12-21(2)16(20)19-15(22-10-6-9-14(22)17)18-13-7-4-3-5-8-13;5-3(6)1-2-4(7)8/h3-5,7-8,14H,6,9-12H2,1-2H3;1-2H,(H,5,6)(H,7,8). The van der Waals surface area contributed by atoms with Crippen LogP contribution >= 0.6 is 22.6 Å². The molecule has 30 heavy (non-hydrogen) atoms. The Morgan fingerprint density at radius 3 is 2.07 bits per heavy atom. The minimum Gasteiger partial charge on any atom is -0.478 e. The van der Waals surface area contributed by atoms with Gasteiger partial charge in [0.05, 0.1) is 9.74 Å². The molecule has 1 aromatic rings. The Bertz CT molecular complexity index is 800. The molecule has 0 bridgehead atoms. The smallest absolute Gasteiger partial charge is 0.328 e. The molecule has 10 heteroatoms. The van der Waals surface area contributed by atoms with Gasteiger partial charge in [-0.2, -0.15) is 4.99 Å². The molecule has 0 spiro atoms. The minimum absolute atomic E-state index is 0.474. The van der Waals surface area contributed by atoms with Gasteiger partial charge in [0, 0.05) is 45.9 Å². The quantitative estimate of drug-likeness (QED) is 0.155. The Morgan fingerprint density at radius 2 is 1.60 bits per heavy atom. The van der Waals surface area contributed by atoms with Crippen molar-refractivity contribution in [1.29, 1.82) is 0 Å². The lowest BCUT2D eigenvalue weighted by atomic mass is 10.3. The van der Waals surface area contributed by atoms with Crippen molar-refractivity contribution < 1.29 is 19.8 Å². The van der Waals surface area contributed by atoms with E-state index in [9.17, 15) is 9.59 Å². The second-order valence-corrected chi connectivity index (χ2v) is 8.22. The maximum atomic E-state index is 9.55. The van der Waals surface area contributed by atoms with Crippen molar-refractivity contribution in [1.82, 2.24) is 14.7 Å². The van der Waals surface area contributed by atoms with Gasteiger partial charge in [0.1, 0.15) is 0 Å². The van der Waals surface area contributed by atoms with Crippen molar-refractivity contribution in [2.75, 3.05) is 33.7 Å². The van der Waals surface area contributed by atoms with Crippen LogP contribution in [0, 0.1) is 0 Å². The largest absolute Gasteiger partial charge is 0.478 e. The van der Waals surface area contributed by atoms with Gasteiger partial charge in [-0.25, -0.2) is 14.6 Å². The second kappa shape index (κ2) is 11.5. The number of benzene rings is 1. The summed E-state index contributed by atoms with van der Waals surface area (Å²) in [5.41, 5.74) is 0.959. The fraction of sp³-hybridized carbons (Fsp3) is 0.400. The Labute approximate surface area is 189 Å². The third-order valence-corrected chi connectivity index (χ3v) is 5.74. The van der Waals surface area contributed by atoms with E-state index in [1.807, 2.05) is 30.3 Å². The number of carboxylic acid groups (broad SMARTS) is 2. The molecule has 3 rings (SSSR count). The number of nitrogens with zero attached hydrogens (tertiary/aromatic N) is 5. The molecule has 2 N–H and O–H groups in total. The third kappa shape index (κ3) is 7.32. The predicted octanol–water partition coefficient (Wildman–Crippen LogP) is 2.48. The molecule has 0 saturated carbocycles. The first kappa shape index (κ1) is 23.6. The van der Waals surface area contributed by atoms with Gasteiger partial charge in [-0.1, -0.05) is 40.8 Å².